The van der Waals surface area contributed by atoms with Crippen molar-refractivity contribution in [3.63, 3.8) is 0 Å². The van der Waals surface area contributed by atoms with Gasteiger partial charge in [0.1, 0.15) is 0 Å². The molecule has 1 saturated heterocycles. The summed E-state index contributed by atoms with van der Waals surface area (Å²) < 4.78 is 0. The minimum atomic E-state index is 0.0322. The van der Waals surface area contributed by atoms with Crippen LogP contribution in [0.15, 0.2) is 42.6 Å². The SMILES string of the molecule is O=C(N/C=C/C1CCCCC1)N1CCN(c2ccccc2)CC1. The van der Waals surface area contributed by atoms with Gasteiger partial charge < -0.3 is 15.1 Å². The van der Waals surface area contributed by atoms with Gasteiger partial charge in [-0.3, -0.25) is 0 Å². The Hall–Kier alpha value is -1.97. The molecule has 0 radical (unpaired) electrons. The number of allylic oxidation sites excluding steroid dienone is 1. The number of para-hydroxylation sites is 1. The van der Waals surface area contributed by atoms with Gasteiger partial charge in [-0.2, -0.15) is 0 Å². The fraction of sp³-hybridized carbons (Fsp3) is 0.526. The van der Waals surface area contributed by atoms with E-state index >= 15 is 0 Å². The number of hydrogen-bond donors (Lipinski definition) is 1. The molecule has 124 valence electrons. The summed E-state index contributed by atoms with van der Waals surface area (Å²) in [6, 6.07) is 10.4. The Balaban J connectivity index is 1.42. The van der Waals surface area contributed by atoms with Gasteiger partial charge in [-0.05, 0) is 30.9 Å². The van der Waals surface area contributed by atoms with Gasteiger partial charge in [-0.15, -0.1) is 0 Å². The van der Waals surface area contributed by atoms with Crippen molar-refractivity contribution in [1.29, 1.82) is 0 Å². The largest absolute Gasteiger partial charge is 0.368 e. The van der Waals surface area contributed by atoms with Crippen molar-refractivity contribution in [2.24, 2.45) is 5.92 Å². The molecule has 23 heavy (non-hydrogen) atoms. The molecule has 1 aliphatic carbocycles. The predicted octanol–water partition coefficient (Wildman–Crippen LogP) is 3.61. The number of carbonyl (C=O) groups is 1. The van der Waals surface area contributed by atoms with Gasteiger partial charge in [0.25, 0.3) is 0 Å². The number of nitrogens with one attached hydrogen (secondary N) is 1. The van der Waals surface area contributed by atoms with E-state index in [2.05, 4.69) is 40.6 Å². The molecule has 2 amide bonds. The van der Waals surface area contributed by atoms with Crippen molar-refractivity contribution in [1.82, 2.24) is 10.2 Å². The highest BCUT2D eigenvalue weighted by molar-refractivity contribution is 5.75. The van der Waals surface area contributed by atoms with Gasteiger partial charge in [0.15, 0.2) is 0 Å². The molecule has 1 N–H and O–H groups in total. The van der Waals surface area contributed by atoms with Crippen LogP contribution in [0.5, 0.6) is 0 Å². The molecule has 2 aliphatic rings. The summed E-state index contributed by atoms with van der Waals surface area (Å²) in [5.41, 5.74) is 1.24. The first kappa shape index (κ1) is 15.9. The van der Waals surface area contributed by atoms with E-state index in [0.717, 1.165) is 26.2 Å². The zero-order valence-corrected chi connectivity index (χ0v) is 13.8. The summed E-state index contributed by atoms with van der Waals surface area (Å²) in [5, 5.41) is 2.94. The summed E-state index contributed by atoms with van der Waals surface area (Å²) in [6.07, 6.45) is 10.6. The smallest absolute Gasteiger partial charge is 0.321 e. The molecule has 0 bridgehead atoms. The molecule has 2 fully saturated rings. The third-order valence-electron chi connectivity index (χ3n) is 4.91. The summed E-state index contributed by atoms with van der Waals surface area (Å²) in [4.78, 5) is 16.5. The zero-order chi connectivity index (χ0) is 15.9. The van der Waals surface area contributed by atoms with E-state index < -0.39 is 0 Å². The number of nitrogens with zero attached hydrogens (tertiary/aromatic N) is 2. The topological polar surface area (TPSA) is 35.6 Å². The van der Waals surface area contributed by atoms with Crippen LogP contribution in [-0.4, -0.2) is 37.1 Å². The van der Waals surface area contributed by atoms with Crippen LogP contribution in [0.25, 0.3) is 0 Å². The fourth-order valence-corrected chi connectivity index (χ4v) is 3.48. The van der Waals surface area contributed by atoms with Crippen LogP contribution in [0, 0.1) is 5.92 Å². The van der Waals surface area contributed by atoms with Crippen molar-refractivity contribution in [2.45, 2.75) is 32.1 Å². The predicted molar refractivity (Wildman–Crippen MR) is 94.5 cm³/mol. The van der Waals surface area contributed by atoms with Gasteiger partial charge in [0.05, 0.1) is 0 Å². The number of piperazine rings is 1. The van der Waals surface area contributed by atoms with Gasteiger partial charge >= 0.3 is 6.03 Å². The van der Waals surface area contributed by atoms with Crippen molar-refractivity contribution in [3.05, 3.63) is 42.6 Å². The lowest BCUT2D eigenvalue weighted by Crippen LogP contribution is -2.51. The van der Waals surface area contributed by atoms with Gasteiger partial charge in [0, 0.05) is 38.1 Å². The average Bonchev–Trinajstić information content (AvgIpc) is 2.63. The van der Waals surface area contributed by atoms with Gasteiger partial charge in [0.2, 0.25) is 0 Å². The summed E-state index contributed by atoms with van der Waals surface area (Å²) in [7, 11) is 0. The van der Waals surface area contributed by atoms with E-state index in [1.807, 2.05) is 17.2 Å². The third kappa shape index (κ3) is 4.50. The average molecular weight is 313 g/mol. The van der Waals surface area contributed by atoms with Crippen LogP contribution >= 0.6 is 0 Å². The molecule has 0 unspecified atom stereocenters. The minimum absolute atomic E-state index is 0.0322. The molecule has 4 nitrogen and oxygen atoms in total. The lowest BCUT2D eigenvalue weighted by molar-refractivity contribution is 0.198. The Kier molecular flexibility index (Phi) is 5.56. The first-order valence-corrected chi connectivity index (χ1v) is 8.85. The van der Waals surface area contributed by atoms with E-state index in [4.69, 9.17) is 0 Å². The molecule has 1 saturated carbocycles. The van der Waals surface area contributed by atoms with Crippen LogP contribution in [0.1, 0.15) is 32.1 Å². The van der Waals surface area contributed by atoms with E-state index in [1.54, 1.807) is 0 Å². The van der Waals surface area contributed by atoms with Crippen LogP contribution in [0.2, 0.25) is 0 Å². The zero-order valence-electron chi connectivity index (χ0n) is 13.8. The molecule has 1 aliphatic heterocycles. The highest BCUT2D eigenvalue weighted by atomic mass is 16.2. The molecule has 1 aromatic carbocycles. The van der Waals surface area contributed by atoms with Gasteiger partial charge in [-0.1, -0.05) is 43.5 Å². The quantitative estimate of drug-likeness (QED) is 0.925. The number of hydrogen-bond acceptors (Lipinski definition) is 2. The maximum Gasteiger partial charge on any atom is 0.321 e. The first-order valence-electron chi connectivity index (χ1n) is 8.85. The number of amides is 2. The monoisotopic (exact) mass is 313 g/mol. The fourth-order valence-electron chi connectivity index (χ4n) is 3.48. The van der Waals surface area contributed by atoms with E-state index in [-0.39, 0.29) is 6.03 Å². The van der Waals surface area contributed by atoms with Crippen molar-refractivity contribution in [3.8, 4) is 0 Å². The van der Waals surface area contributed by atoms with E-state index in [0.29, 0.717) is 5.92 Å². The second-order valence-electron chi connectivity index (χ2n) is 6.52. The number of rotatable bonds is 3. The lowest BCUT2D eigenvalue weighted by atomic mass is 9.89. The molecule has 1 heterocycles. The lowest BCUT2D eigenvalue weighted by Gasteiger charge is -2.35. The Bertz CT molecular complexity index is 515. The summed E-state index contributed by atoms with van der Waals surface area (Å²) >= 11 is 0. The van der Waals surface area contributed by atoms with Crippen LogP contribution < -0.4 is 10.2 Å². The normalized spacial score (nSPS) is 20.0. The summed E-state index contributed by atoms with van der Waals surface area (Å²) in [5.74, 6) is 0.652. The van der Waals surface area contributed by atoms with Crippen molar-refractivity contribution < 1.29 is 4.79 Å². The second kappa shape index (κ2) is 8.04. The van der Waals surface area contributed by atoms with E-state index in [9.17, 15) is 4.79 Å². The number of anilines is 1. The Morgan fingerprint density at radius 3 is 2.39 bits per heavy atom. The number of carbonyl (C=O) groups excluding carboxylic acids is 1. The first-order chi connectivity index (χ1) is 11.3. The van der Waals surface area contributed by atoms with Crippen molar-refractivity contribution in [2.75, 3.05) is 31.1 Å². The van der Waals surface area contributed by atoms with Gasteiger partial charge in [-0.25, -0.2) is 4.79 Å². The second-order valence-corrected chi connectivity index (χ2v) is 6.52. The molecule has 4 heteroatoms. The molecular formula is C19H27N3O. The molecule has 1 aromatic rings. The Morgan fingerprint density at radius 1 is 1.00 bits per heavy atom. The third-order valence-corrected chi connectivity index (χ3v) is 4.91. The molecule has 3 rings (SSSR count). The van der Waals surface area contributed by atoms with Crippen LogP contribution in [0.3, 0.4) is 0 Å². The Morgan fingerprint density at radius 2 is 1.70 bits per heavy atom. The van der Waals surface area contributed by atoms with Crippen LogP contribution in [0.4, 0.5) is 10.5 Å². The molecule has 0 atom stereocenters. The maximum absolute atomic E-state index is 12.2. The maximum atomic E-state index is 12.2. The van der Waals surface area contributed by atoms with Crippen molar-refractivity contribution >= 4 is 11.7 Å². The minimum Gasteiger partial charge on any atom is -0.368 e. The molecular weight excluding hydrogens is 286 g/mol. The number of urea groups is 1. The molecule has 0 aromatic heterocycles. The standard InChI is InChI=1S/C19H27N3O/c23-19(20-12-11-17-7-3-1-4-8-17)22-15-13-21(14-16-22)18-9-5-2-6-10-18/h2,5-6,9-12,17H,1,3-4,7-8,13-16H2,(H,20,23)/b12-11+. The highest BCUT2D eigenvalue weighted by Crippen LogP contribution is 2.24. The number of benzene rings is 1. The summed E-state index contributed by atoms with van der Waals surface area (Å²) in [6.45, 7) is 3.34. The van der Waals surface area contributed by atoms with E-state index in [1.165, 1.54) is 37.8 Å². The Labute approximate surface area is 139 Å². The molecule has 0 spiro atoms. The highest BCUT2D eigenvalue weighted by Gasteiger charge is 2.20. The van der Waals surface area contributed by atoms with Crippen LogP contribution in [-0.2, 0) is 0 Å².